The first-order valence-electron chi connectivity index (χ1n) is 6.04. The maximum absolute atomic E-state index is 12.0. The highest BCUT2D eigenvalue weighted by Gasteiger charge is 2.44. The molecule has 1 aromatic heterocycles. The molecule has 2 N–H and O–H groups in total. The summed E-state index contributed by atoms with van der Waals surface area (Å²) in [6.07, 6.45) is 0.143. The fourth-order valence-corrected chi connectivity index (χ4v) is 2.12. The summed E-state index contributed by atoms with van der Waals surface area (Å²) >= 11 is 0. The van der Waals surface area contributed by atoms with Crippen LogP contribution in [0.3, 0.4) is 0 Å². The monoisotopic (exact) mass is 264 g/mol. The Morgan fingerprint density at radius 2 is 2.26 bits per heavy atom. The summed E-state index contributed by atoms with van der Waals surface area (Å²) in [5, 5.41) is 10.4. The van der Waals surface area contributed by atoms with Crippen LogP contribution in [0.15, 0.2) is 15.9 Å². The molecule has 2 heterocycles. The molecule has 19 heavy (non-hydrogen) atoms. The van der Waals surface area contributed by atoms with Crippen molar-refractivity contribution in [2.45, 2.75) is 32.5 Å². The van der Waals surface area contributed by atoms with E-state index in [-0.39, 0.29) is 24.2 Å². The number of ether oxygens (including phenoxy) is 1. The number of carbonyl (C=O) groups is 1. The van der Waals surface area contributed by atoms with Crippen LogP contribution in [0, 0.1) is 0 Å². The molecule has 1 aliphatic heterocycles. The molecule has 2 rings (SSSR count). The smallest absolute Gasteiger partial charge is 0.343 e. The highest BCUT2D eigenvalue weighted by Crippen LogP contribution is 2.32. The Morgan fingerprint density at radius 1 is 1.58 bits per heavy atom. The second-order valence-corrected chi connectivity index (χ2v) is 4.50. The number of aliphatic hydroxyl groups is 1. The van der Waals surface area contributed by atoms with Gasteiger partial charge in [0, 0.05) is 12.6 Å². The molecule has 0 radical (unpaired) electrons. The predicted molar refractivity (Wildman–Crippen MR) is 69.2 cm³/mol. The van der Waals surface area contributed by atoms with Gasteiger partial charge in [-0.1, -0.05) is 6.92 Å². The van der Waals surface area contributed by atoms with E-state index in [4.69, 9.17) is 4.74 Å². The minimum Gasteiger partial charge on any atom is -0.458 e. The molecule has 0 spiro atoms. The summed E-state index contributed by atoms with van der Waals surface area (Å²) in [6, 6.07) is 1.60. The van der Waals surface area contributed by atoms with Gasteiger partial charge in [0.25, 0.3) is 5.56 Å². The van der Waals surface area contributed by atoms with Gasteiger partial charge < -0.3 is 14.8 Å². The first kappa shape index (κ1) is 13.5. The van der Waals surface area contributed by atoms with Crippen molar-refractivity contribution < 1.29 is 14.6 Å². The number of nitrogens with zero attached hydrogens (tertiary/aromatic N) is 1. The van der Waals surface area contributed by atoms with E-state index in [2.05, 4.69) is 9.98 Å². The highest BCUT2D eigenvalue weighted by molar-refractivity contribution is 5.97. The minimum atomic E-state index is -1.76. The number of fused-ring (bicyclic) bond motifs is 1. The van der Waals surface area contributed by atoms with Crippen LogP contribution < -0.4 is 5.56 Å². The van der Waals surface area contributed by atoms with Gasteiger partial charge >= 0.3 is 5.97 Å². The van der Waals surface area contributed by atoms with Gasteiger partial charge in [-0.3, -0.25) is 9.79 Å². The number of nitrogens with one attached hydrogen (secondary N) is 1. The Bertz CT molecular complexity index is 618. The zero-order valence-corrected chi connectivity index (χ0v) is 11.1. The number of hydrogen-bond acceptors (Lipinski definition) is 5. The molecular weight excluding hydrogens is 248 g/mol. The molecule has 0 aliphatic carbocycles. The quantitative estimate of drug-likeness (QED) is 0.600. The maximum atomic E-state index is 12.0. The number of cyclic esters (lactones) is 1. The van der Waals surface area contributed by atoms with E-state index < -0.39 is 11.6 Å². The average Bonchev–Trinajstić information content (AvgIpc) is 2.42. The third kappa shape index (κ3) is 1.98. The van der Waals surface area contributed by atoms with Crippen LogP contribution in [0.4, 0.5) is 0 Å². The van der Waals surface area contributed by atoms with Crippen molar-refractivity contribution in [2.75, 3.05) is 7.05 Å². The average molecular weight is 264 g/mol. The molecule has 1 atom stereocenters. The van der Waals surface area contributed by atoms with E-state index in [9.17, 15) is 14.7 Å². The molecule has 0 saturated carbocycles. The van der Waals surface area contributed by atoms with E-state index in [1.54, 1.807) is 27.0 Å². The summed E-state index contributed by atoms with van der Waals surface area (Å²) in [6.45, 7) is 3.29. The lowest BCUT2D eigenvalue weighted by atomic mass is 9.86. The summed E-state index contributed by atoms with van der Waals surface area (Å²) in [5.41, 5.74) is -0.408. The van der Waals surface area contributed by atoms with Crippen molar-refractivity contribution in [2.24, 2.45) is 4.99 Å². The molecule has 0 amide bonds. The standard InChI is InChI=1S/C13H16N2O4/c1-4-13(18)9-5-10(7(2)14-3)15-11(16)8(9)6-19-12(13)17/h5,18H,4,6H2,1-3H3,(H,15,16). The Kier molecular flexibility index (Phi) is 3.28. The lowest BCUT2D eigenvalue weighted by Gasteiger charge is -2.31. The van der Waals surface area contributed by atoms with Gasteiger partial charge in [0.2, 0.25) is 0 Å². The Morgan fingerprint density at radius 3 is 2.84 bits per heavy atom. The van der Waals surface area contributed by atoms with Crippen LogP contribution in [0.25, 0.3) is 0 Å². The fourth-order valence-electron chi connectivity index (χ4n) is 2.12. The molecule has 6 heteroatoms. The number of pyridine rings is 1. The third-order valence-electron chi connectivity index (χ3n) is 3.50. The number of esters is 1. The zero-order valence-electron chi connectivity index (χ0n) is 11.1. The molecule has 1 aromatic rings. The highest BCUT2D eigenvalue weighted by atomic mass is 16.6. The fraction of sp³-hybridized carbons (Fsp3) is 0.462. The number of aliphatic imine (C=N–C) groups is 1. The second kappa shape index (κ2) is 4.62. The van der Waals surface area contributed by atoms with Gasteiger partial charge in [-0.2, -0.15) is 0 Å². The van der Waals surface area contributed by atoms with E-state index in [0.717, 1.165) is 0 Å². The molecule has 0 saturated heterocycles. The number of hydrogen-bond donors (Lipinski definition) is 2. The zero-order chi connectivity index (χ0) is 14.2. The van der Waals surface area contributed by atoms with Gasteiger partial charge in [-0.15, -0.1) is 0 Å². The summed E-state index contributed by atoms with van der Waals surface area (Å²) in [7, 11) is 1.60. The molecule has 0 fully saturated rings. The number of H-pyrrole nitrogens is 1. The lowest BCUT2D eigenvalue weighted by Crippen LogP contribution is -2.43. The van der Waals surface area contributed by atoms with Crippen molar-refractivity contribution in [3.8, 4) is 0 Å². The SMILES string of the molecule is CCC1(O)C(=O)OCc2c1cc(C(C)=NC)[nH]c2=O. The minimum absolute atomic E-state index is 0.117. The van der Waals surface area contributed by atoms with Gasteiger partial charge in [0.1, 0.15) is 6.61 Å². The van der Waals surface area contributed by atoms with Crippen LogP contribution in [0.2, 0.25) is 0 Å². The molecule has 1 aliphatic rings. The van der Waals surface area contributed by atoms with E-state index in [1.807, 2.05) is 0 Å². The normalized spacial score (nSPS) is 22.9. The van der Waals surface area contributed by atoms with Crippen LogP contribution in [0.1, 0.15) is 37.1 Å². The van der Waals surface area contributed by atoms with E-state index in [0.29, 0.717) is 17.0 Å². The van der Waals surface area contributed by atoms with Crippen molar-refractivity contribution in [3.05, 3.63) is 33.2 Å². The molecule has 6 nitrogen and oxygen atoms in total. The van der Waals surface area contributed by atoms with Crippen LogP contribution in [-0.2, 0) is 21.7 Å². The largest absolute Gasteiger partial charge is 0.458 e. The Labute approximate surface area is 110 Å². The van der Waals surface area contributed by atoms with Crippen molar-refractivity contribution in [1.82, 2.24) is 4.98 Å². The van der Waals surface area contributed by atoms with Crippen molar-refractivity contribution in [3.63, 3.8) is 0 Å². The van der Waals surface area contributed by atoms with Gasteiger partial charge in [-0.05, 0) is 19.4 Å². The summed E-state index contributed by atoms with van der Waals surface area (Å²) in [4.78, 5) is 30.4. The predicted octanol–water partition coefficient (Wildman–Crippen LogP) is 0.468. The van der Waals surface area contributed by atoms with E-state index in [1.165, 1.54) is 0 Å². The van der Waals surface area contributed by atoms with Crippen LogP contribution in [-0.4, -0.2) is 28.8 Å². The number of rotatable bonds is 2. The summed E-state index contributed by atoms with van der Waals surface area (Å²) in [5.74, 6) is -0.717. The van der Waals surface area contributed by atoms with Gasteiger partial charge in [-0.25, -0.2) is 4.79 Å². The number of carbonyl (C=O) groups excluding carboxylic acids is 1. The van der Waals surface area contributed by atoms with Crippen LogP contribution in [0.5, 0.6) is 0 Å². The first-order valence-corrected chi connectivity index (χ1v) is 6.04. The Hall–Kier alpha value is -1.95. The maximum Gasteiger partial charge on any atom is 0.343 e. The topological polar surface area (TPSA) is 91.8 Å². The van der Waals surface area contributed by atoms with E-state index >= 15 is 0 Å². The van der Waals surface area contributed by atoms with Crippen molar-refractivity contribution >= 4 is 11.7 Å². The summed E-state index contributed by atoms with van der Waals surface area (Å²) < 4.78 is 4.88. The number of aromatic amines is 1. The molecule has 0 bridgehead atoms. The van der Waals surface area contributed by atoms with Crippen LogP contribution >= 0.6 is 0 Å². The molecule has 1 unspecified atom stereocenters. The van der Waals surface area contributed by atoms with Gasteiger partial charge in [0.05, 0.1) is 17.0 Å². The lowest BCUT2D eigenvalue weighted by molar-refractivity contribution is -0.172. The third-order valence-corrected chi connectivity index (χ3v) is 3.50. The number of aromatic nitrogens is 1. The molecule has 0 aromatic carbocycles. The van der Waals surface area contributed by atoms with Crippen molar-refractivity contribution in [1.29, 1.82) is 0 Å². The van der Waals surface area contributed by atoms with Gasteiger partial charge in [0.15, 0.2) is 5.60 Å². The molecular formula is C13H16N2O4. The second-order valence-electron chi connectivity index (χ2n) is 4.50. The Balaban J connectivity index is 2.73. The first-order chi connectivity index (χ1) is 8.93. The molecule has 102 valence electrons.